The molecule has 23 heavy (non-hydrogen) atoms. The number of benzene rings is 1. The highest BCUT2D eigenvalue weighted by atomic mass is 35.5. The Hall–Kier alpha value is -1.22. The molecule has 2 atom stereocenters. The number of carbonyl (C=O) groups excluding carboxylic acids is 2. The molecule has 2 aliphatic heterocycles. The van der Waals surface area contributed by atoms with Crippen LogP contribution in [0.25, 0.3) is 0 Å². The Morgan fingerprint density at radius 2 is 1.57 bits per heavy atom. The number of halogens is 4. The quantitative estimate of drug-likeness (QED) is 0.395. The molecule has 2 N–H and O–H groups in total. The molecule has 0 fully saturated rings. The fourth-order valence-electron chi connectivity index (χ4n) is 1.52. The monoisotopic (exact) mass is 398 g/mol. The highest BCUT2D eigenvalue weighted by Crippen LogP contribution is 2.32. The number of carbonyl (C=O) groups is 2. The van der Waals surface area contributed by atoms with Gasteiger partial charge in [-0.2, -0.15) is 10.2 Å². The van der Waals surface area contributed by atoms with Crippen molar-refractivity contribution >= 4 is 58.3 Å². The van der Waals surface area contributed by atoms with Gasteiger partial charge in [-0.3, -0.25) is 0 Å². The fraction of sp³-hybridized carbons (Fsp3) is 0.167. The first-order valence-electron chi connectivity index (χ1n) is 5.75. The molecule has 0 amide bonds. The molecule has 7 nitrogen and oxygen atoms in total. The van der Waals surface area contributed by atoms with Crippen LogP contribution in [-0.2, 0) is 4.74 Å². The van der Waals surface area contributed by atoms with Gasteiger partial charge in [-0.05, 0) is 12.1 Å². The molecule has 0 bridgehead atoms. The Bertz CT molecular complexity index is 708. The van der Waals surface area contributed by atoms with E-state index in [0.717, 1.165) is 6.20 Å². The van der Waals surface area contributed by atoms with E-state index >= 15 is 0 Å². The molecule has 1 aromatic rings. The number of azo groups is 1. The SMILES string of the molecule is O=C1OC(=O)c2cc(Cl)c(Cl)cc21.OC1N=NC=C(Cl)C1(O)Cl. The number of rotatable bonds is 0. The van der Waals surface area contributed by atoms with Crippen LogP contribution in [0.1, 0.15) is 20.7 Å². The Morgan fingerprint density at radius 3 is 1.96 bits per heavy atom. The van der Waals surface area contributed by atoms with E-state index in [9.17, 15) is 9.59 Å². The second-order valence-corrected chi connectivity index (χ2v) is 6.04. The first-order chi connectivity index (χ1) is 10.6. The Kier molecular flexibility index (Phi) is 5.30. The summed E-state index contributed by atoms with van der Waals surface area (Å²) < 4.78 is 4.35. The summed E-state index contributed by atoms with van der Waals surface area (Å²) in [6.07, 6.45) is -0.423. The van der Waals surface area contributed by atoms with Gasteiger partial charge in [-0.25, -0.2) is 9.59 Å². The number of hydrogen-bond donors (Lipinski definition) is 2. The minimum atomic E-state index is -2.01. The lowest BCUT2D eigenvalue weighted by molar-refractivity contribution is 0.0143. The molecule has 122 valence electrons. The largest absolute Gasteiger partial charge is 0.386 e. The molecule has 0 saturated heterocycles. The molecule has 2 unspecified atom stereocenters. The summed E-state index contributed by atoms with van der Waals surface area (Å²) in [5.74, 6) is -1.36. The van der Waals surface area contributed by atoms with E-state index in [1.807, 2.05) is 0 Å². The normalized spacial score (nSPS) is 25.3. The second kappa shape index (κ2) is 6.72. The number of hydrogen-bond acceptors (Lipinski definition) is 7. The lowest BCUT2D eigenvalue weighted by Gasteiger charge is -2.23. The van der Waals surface area contributed by atoms with Crippen molar-refractivity contribution < 1.29 is 24.5 Å². The molecule has 2 aliphatic rings. The zero-order valence-electron chi connectivity index (χ0n) is 10.8. The number of nitrogens with zero attached hydrogens (tertiary/aromatic N) is 2. The zero-order valence-corrected chi connectivity index (χ0v) is 13.9. The van der Waals surface area contributed by atoms with E-state index in [1.54, 1.807) is 0 Å². The van der Waals surface area contributed by atoms with Gasteiger partial charge in [0, 0.05) is 0 Å². The van der Waals surface area contributed by atoms with E-state index < -0.39 is 23.2 Å². The highest BCUT2D eigenvalue weighted by molar-refractivity contribution is 6.42. The third-order valence-corrected chi connectivity index (χ3v) is 4.31. The average Bonchev–Trinajstić information content (AvgIpc) is 2.73. The van der Waals surface area contributed by atoms with Crippen molar-refractivity contribution in [1.82, 2.24) is 0 Å². The molecule has 0 saturated carbocycles. The zero-order chi connectivity index (χ0) is 17.4. The summed E-state index contributed by atoms with van der Waals surface area (Å²) in [6, 6.07) is 2.65. The van der Waals surface area contributed by atoms with Crippen LogP contribution in [0, 0.1) is 0 Å². The van der Waals surface area contributed by atoms with Crippen LogP contribution in [0.2, 0.25) is 10.0 Å². The highest BCUT2D eigenvalue weighted by Gasteiger charge is 2.39. The molecular weight excluding hydrogens is 394 g/mol. The van der Waals surface area contributed by atoms with Gasteiger partial charge in [0.25, 0.3) is 0 Å². The average molecular weight is 400 g/mol. The smallest absolute Gasteiger partial charge is 0.346 e. The number of esters is 2. The molecule has 1 aromatic carbocycles. The number of fused-ring (bicyclic) bond motifs is 1. The Labute approximate surface area is 149 Å². The Morgan fingerprint density at radius 1 is 1.09 bits per heavy atom. The van der Waals surface area contributed by atoms with E-state index in [1.165, 1.54) is 12.1 Å². The van der Waals surface area contributed by atoms with Gasteiger partial charge in [-0.1, -0.05) is 46.4 Å². The molecule has 0 radical (unpaired) electrons. The lowest BCUT2D eigenvalue weighted by Crippen LogP contribution is -2.36. The van der Waals surface area contributed by atoms with Gasteiger partial charge in [0.2, 0.25) is 11.3 Å². The van der Waals surface area contributed by atoms with Gasteiger partial charge in [0.05, 0.1) is 32.4 Å². The molecule has 0 aromatic heterocycles. The van der Waals surface area contributed by atoms with Crippen molar-refractivity contribution in [2.75, 3.05) is 0 Å². The molecule has 0 spiro atoms. The van der Waals surface area contributed by atoms with Crippen LogP contribution in [0.5, 0.6) is 0 Å². The topological polar surface area (TPSA) is 109 Å². The summed E-state index contributed by atoms with van der Waals surface area (Å²) in [5.41, 5.74) is 0.332. The van der Waals surface area contributed by atoms with Crippen LogP contribution in [0.4, 0.5) is 0 Å². The first kappa shape index (κ1) is 18.1. The van der Waals surface area contributed by atoms with Crippen LogP contribution in [-0.4, -0.2) is 33.4 Å². The minimum absolute atomic E-state index is 0.142. The summed E-state index contributed by atoms with van der Waals surface area (Å²) in [6.45, 7) is 0. The van der Waals surface area contributed by atoms with Crippen molar-refractivity contribution in [3.8, 4) is 0 Å². The van der Waals surface area contributed by atoms with Crippen molar-refractivity contribution in [1.29, 1.82) is 0 Å². The molecule has 11 heteroatoms. The maximum Gasteiger partial charge on any atom is 0.346 e. The molecule has 2 heterocycles. The van der Waals surface area contributed by atoms with Crippen molar-refractivity contribution in [2.45, 2.75) is 11.3 Å². The third-order valence-electron chi connectivity index (χ3n) is 2.71. The molecular formula is C12H6Cl4N2O5. The summed E-state index contributed by atoms with van der Waals surface area (Å²) in [7, 11) is 0. The minimum Gasteiger partial charge on any atom is -0.386 e. The van der Waals surface area contributed by atoms with Crippen molar-refractivity contribution in [2.24, 2.45) is 10.2 Å². The van der Waals surface area contributed by atoms with E-state index in [-0.39, 0.29) is 26.2 Å². The fourth-order valence-corrected chi connectivity index (χ4v) is 2.08. The predicted molar refractivity (Wildman–Crippen MR) is 81.8 cm³/mol. The number of aliphatic hydroxyl groups is 2. The summed E-state index contributed by atoms with van der Waals surface area (Å²) in [5, 5.41) is 22.7. The van der Waals surface area contributed by atoms with Gasteiger partial charge in [0.15, 0.2) is 0 Å². The number of cyclic esters (lactones) is 2. The van der Waals surface area contributed by atoms with Gasteiger partial charge < -0.3 is 14.9 Å². The maximum atomic E-state index is 11.0. The first-order valence-corrected chi connectivity index (χ1v) is 7.26. The van der Waals surface area contributed by atoms with E-state index in [0.29, 0.717) is 0 Å². The van der Waals surface area contributed by atoms with Crippen LogP contribution < -0.4 is 0 Å². The number of ether oxygens (including phenoxy) is 1. The van der Waals surface area contributed by atoms with Crippen molar-refractivity contribution in [3.05, 3.63) is 44.5 Å². The van der Waals surface area contributed by atoms with Crippen LogP contribution >= 0.6 is 46.4 Å². The van der Waals surface area contributed by atoms with E-state index in [2.05, 4.69) is 15.0 Å². The number of aliphatic hydroxyl groups excluding tert-OH is 1. The molecule has 3 rings (SSSR count). The summed E-state index contributed by atoms with van der Waals surface area (Å²) in [4.78, 5) is 22.0. The third kappa shape index (κ3) is 3.65. The molecule has 0 aliphatic carbocycles. The number of alkyl halides is 1. The maximum absolute atomic E-state index is 11.0. The lowest BCUT2D eigenvalue weighted by atomic mass is 10.1. The van der Waals surface area contributed by atoms with Gasteiger partial charge >= 0.3 is 11.9 Å². The summed E-state index contributed by atoms with van der Waals surface area (Å²) >= 11 is 22.0. The van der Waals surface area contributed by atoms with Gasteiger partial charge in [-0.15, -0.1) is 0 Å². The van der Waals surface area contributed by atoms with E-state index in [4.69, 9.17) is 56.6 Å². The van der Waals surface area contributed by atoms with Crippen LogP contribution in [0.15, 0.2) is 33.6 Å². The standard InChI is InChI=1S/C8H2Cl2O3.C4H4Cl2N2O2/c9-5-1-3-4(2-6(5)10)8(12)13-7(3)11;5-2-1-7-8-3(9)4(2,6)10/h1-2H;1,3,9-10H. The van der Waals surface area contributed by atoms with Crippen LogP contribution in [0.3, 0.4) is 0 Å². The Balaban J connectivity index is 0.000000174. The predicted octanol–water partition coefficient (Wildman–Crippen LogP) is 3.08. The van der Waals surface area contributed by atoms with Gasteiger partial charge in [0.1, 0.15) is 0 Å². The van der Waals surface area contributed by atoms with Crippen molar-refractivity contribution in [3.63, 3.8) is 0 Å². The second-order valence-electron chi connectivity index (χ2n) is 4.24.